The molecule has 2 heterocycles. The zero-order valence-corrected chi connectivity index (χ0v) is 13.4. The molecule has 0 radical (unpaired) electrons. The van der Waals surface area contributed by atoms with Gasteiger partial charge in [0, 0.05) is 36.1 Å². The molecule has 0 aliphatic carbocycles. The van der Waals surface area contributed by atoms with E-state index >= 15 is 0 Å². The number of fused-ring (bicyclic) bond motifs is 1. The summed E-state index contributed by atoms with van der Waals surface area (Å²) in [6.07, 6.45) is 5.89. The van der Waals surface area contributed by atoms with Crippen LogP contribution in [0.5, 0.6) is 5.75 Å². The van der Waals surface area contributed by atoms with Crippen LogP contribution in [0.15, 0.2) is 30.5 Å². The second-order valence-corrected chi connectivity index (χ2v) is 5.60. The van der Waals surface area contributed by atoms with Gasteiger partial charge in [-0.15, -0.1) is 0 Å². The van der Waals surface area contributed by atoms with E-state index in [1.807, 2.05) is 6.08 Å². The Kier molecular flexibility index (Phi) is 4.14. The van der Waals surface area contributed by atoms with Crippen molar-refractivity contribution in [3.8, 4) is 5.75 Å². The maximum Gasteiger partial charge on any atom is 0.229 e. The summed E-state index contributed by atoms with van der Waals surface area (Å²) in [7, 11) is 1.44. The topological polar surface area (TPSA) is 50.3 Å². The molecule has 2 aromatic rings. The lowest BCUT2D eigenvalue weighted by Gasteiger charge is -2.30. The summed E-state index contributed by atoms with van der Waals surface area (Å²) in [5.74, 6) is 1.10. The van der Waals surface area contributed by atoms with Gasteiger partial charge in [0.05, 0.1) is 7.11 Å². The summed E-state index contributed by atoms with van der Waals surface area (Å²) >= 11 is 0. The van der Waals surface area contributed by atoms with Gasteiger partial charge in [-0.3, -0.25) is 0 Å². The third kappa shape index (κ3) is 3.11. The molecular weight excluding hydrogens is 295 g/mol. The number of halogens is 1. The highest BCUT2D eigenvalue weighted by atomic mass is 19.1. The summed E-state index contributed by atoms with van der Waals surface area (Å²) in [6.45, 7) is 5.06. The highest BCUT2D eigenvalue weighted by Crippen LogP contribution is 2.27. The minimum Gasteiger partial charge on any atom is -0.494 e. The number of nitrogens with zero attached hydrogens (tertiary/aromatic N) is 3. The summed E-state index contributed by atoms with van der Waals surface area (Å²) in [5, 5.41) is 3.04. The van der Waals surface area contributed by atoms with Crippen LogP contribution in [0.25, 0.3) is 6.08 Å². The largest absolute Gasteiger partial charge is 0.494 e. The van der Waals surface area contributed by atoms with E-state index in [1.54, 1.807) is 18.3 Å². The van der Waals surface area contributed by atoms with E-state index in [0.29, 0.717) is 17.7 Å². The molecule has 1 aliphatic rings. The fraction of sp³-hybridized carbons (Fsp3) is 0.294. The Bertz CT molecular complexity index is 745. The normalized spacial score (nSPS) is 13.2. The third-order valence-electron chi connectivity index (χ3n) is 3.70. The van der Waals surface area contributed by atoms with Crippen LogP contribution in [0.3, 0.4) is 0 Å². The van der Waals surface area contributed by atoms with E-state index in [4.69, 9.17) is 4.74 Å². The number of benzene rings is 1. The van der Waals surface area contributed by atoms with Crippen LogP contribution in [0.2, 0.25) is 0 Å². The van der Waals surface area contributed by atoms with Crippen molar-refractivity contribution in [2.75, 3.05) is 23.9 Å². The van der Waals surface area contributed by atoms with Gasteiger partial charge in [-0.25, -0.2) is 9.37 Å². The number of anilines is 3. The van der Waals surface area contributed by atoms with Crippen LogP contribution in [0.4, 0.5) is 21.8 Å². The number of hydrogen-bond acceptors (Lipinski definition) is 5. The maximum atomic E-state index is 13.8. The molecule has 3 rings (SSSR count). The van der Waals surface area contributed by atoms with Crippen molar-refractivity contribution in [1.82, 2.24) is 9.97 Å². The number of methoxy groups -OCH3 is 1. The molecule has 1 N–H and O–H groups in total. The van der Waals surface area contributed by atoms with Gasteiger partial charge in [0.2, 0.25) is 5.95 Å². The molecule has 120 valence electrons. The van der Waals surface area contributed by atoms with Crippen LogP contribution in [-0.2, 0) is 0 Å². The van der Waals surface area contributed by atoms with Crippen molar-refractivity contribution in [2.24, 2.45) is 0 Å². The minimum atomic E-state index is -0.429. The first-order valence-corrected chi connectivity index (χ1v) is 7.49. The predicted molar refractivity (Wildman–Crippen MR) is 89.8 cm³/mol. The fourth-order valence-electron chi connectivity index (χ4n) is 2.50. The molecule has 0 saturated carbocycles. The second-order valence-electron chi connectivity index (χ2n) is 5.60. The molecule has 1 aromatic heterocycles. The third-order valence-corrected chi connectivity index (χ3v) is 3.70. The Balaban J connectivity index is 1.88. The molecule has 0 amide bonds. The Morgan fingerprint density at radius 3 is 2.87 bits per heavy atom. The van der Waals surface area contributed by atoms with Gasteiger partial charge in [0.25, 0.3) is 0 Å². The van der Waals surface area contributed by atoms with Crippen molar-refractivity contribution in [3.63, 3.8) is 0 Å². The van der Waals surface area contributed by atoms with E-state index in [1.165, 1.54) is 13.2 Å². The molecule has 5 nitrogen and oxygen atoms in total. The van der Waals surface area contributed by atoms with Crippen LogP contribution in [-0.4, -0.2) is 29.7 Å². The first kappa shape index (κ1) is 15.3. The van der Waals surface area contributed by atoms with Gasteiger partial charge in [-0.1, -0.05) is 12.2 Å². The molecule has 0 atom stereocenters. The lowest BCUT2D eigenvalue weighted by molar-refractivity contribution is 0.386. The number of nitrogens with one attached hydrogen (secondary N) is 1. The minimum absolute atomic E-state index is 0.207. The zero-order valence-electron chi connectivity index (χ0n) is 13.4. The first-order valence-electron chi connectivity index (χ1n) is 7.49. The van der Waals surface area contributed by atoms with E-state index in [-0.39, 0.29) is 5.75 Å². The van der Waals surface area contributed by atoms with Crippen molar-refractivity contribution < 1.29 is 9.13 Å². The molecule has 0 spiro atoms. The van der Waals surface area contributed by atoms with Crippen LogP contribution < -0.4 is 15.0 Å². The highest BCUT2D eigenvalue weighted by molar-refractivity contribution is 5.69. The maximum absolute atomic E-state index is 13.8. The molecule has 0 saturated heterocycles. The molecule has 0 bridgehead atoms. The molecule has 6 heteroatoms. The molecule has 23 heavy (non-hydrogen) atoms. The zero-order chi connectivity index (χ0) is 16.4. The Labute approximate surface area is 134 Å². The van der Waals surface area contributed by atoms with Crippen LogP contribution in [0, 0.1) is 5.82 Å². The van der Waals surface area contributed by atoms with E-state index in [0.717, 1.165) is 17.9 Å². The van der Waals surface area contributed by atoms with E-state index in [2.05, 4.69) is 40.1 Å². The predicted octanol–water partition coefficient (Wildman–Crippen LogP) is 3.61. The summed E-state index contributed by atoms with van der Waals surface area (Å²) in [6, 6.07) is 4.99. The van der Waals surface area contributed by atoms with Gasteiger partial charge in [-0.05, 0) is 26.0 Å². The molecule has 1 aliphatic heterocycles. The average molecular weight is 314 g/mol. The SMILES string of the molecule is COc1ccc(Nc2ncc3c(n2)N(C(C)C)CC=C3)cc1F. The van der Waals surface area contributed by atoms with Crippen molar-refractivity contribution in [3.05, 3.63) is 41.9 Å². The number of hydrogen-bond donors (Lipinski definition) is 1. The van der Waals surface area contributed by atoms with Gasteiger partial charge in [0.1, 0.15) is 5.82 Å². The van der Waals surface area contributed by atoms with E-state index < -0.39 is 5.82 Å². The summed E-state index contributed by atoms with van der Waals surface area (Å²) < 4.78 is 18.7. The fourth-order valence-corrected chi connectivity index (χ4v) is 2.50. The lowest BCUT2D eigenvalue weighted by Crippen LogP contribution is -2.33. The van der Waals surface area contributed by atoms with Crippen molar-refractivity contribution >= 4 is 23.5 Å². The number of aromatic nitrogens is 2. The first-order chi connectivity index (χ1) is 11.1. The number of ether oxygens (including phenoxy) is 1. The summed E-state index contributed by atoms with van der Waals surface area (Å²) in [4.78, 5) is 11.1. The molecular formula is C17H19FN4O. The molecule has 0 fully saturated rings. The van der Waals surface area contributed by atoms with Gasteiger partial charge in [-0.2, -0.15) is 4.98 Å². The Morgan fingerprint density at radius 2 is 2.17 bits per heavy atom. The Hall–Kier alpha value is -2.63. The van der Waals surface area contributed by atoms with Crippen molar-refractivity contribution in [2.45, 2.75) is 19.9 Å². The van der Waals surface area contributed by atoms with Gasteiger partial charge >= 0.3 is 0 Å². The number of rotatable bonds is 4. The molecule has 1 aromatic carbocycles. The van der Waals surface area contributed by atoms with E-state index in [9.17, 15) is 4.39 Å². The standard InChI is InChI=1S/C17H19FN4O/c1-11(2)22-8-4-5-12-10-19-17(21-16(12)22)20-13-6-7-15(23-3)14(18)9-13/h4-7,9-11H,8H2,1-3H3,(H,19,20,21). The summed E-state index contributed by atoms with van der Waals surface area (Å²) in [5.41, 5.74) is 1.56. The molecule has 0 unspecified atom stereocenters. The second kappa shape index (κ2) is 6.24. The van der Waals surface area contributed by atoms with Crippen molar-refractivity contribution in [1.29, 1.82) is 0 Å². The van der Waals surface area contributed by atoms with Crippen LogP contribution >= 0.6 is 0 Å². The quantitative estimate of drug-likeness (QED) is 0.934. The lowest BCUT2D eigenvalue weighted by atomic mass is 10.1. The smallest absolute Gasteiger partial charge is 0.229 e. The van der Waals surface area contributed by atoms with Gasteiger partial charge in [0.15, 0.2) is 11.6 Å². The monoisotopic (exact) mass is 314 g/mol. The average Bonchev–Trinajstić information content (AvgIpc) is 2.54. The highest BCUT2D eigenvalue weighted by Gasteiger charge is 2.18. The van der Waals surface area contributed by atoms with Crippen LogP contribution in [0.1, 0.15) is 19.4 Å². The Morgan fingerprint density at radius 1 is 1.35 bits per heavy atom. The van der Waals surface area contributed by atoms with Gasteiger partial charge < -0.3 is 15.0 Å².